The second-order valence-electron chi connectivity index (χ2n) is 5.70. The van der Waals surface area contributed by atoms with E-state index < -0.39 is 0 Å². The fourth-order valence-electron chi connectivity index (χ4n) is 2.72. The molecule has 1 aliphatic rings. The van der Waals surface area contributed by atoms with Crippen LogP contribution in [0.5, 0.6) is 0 Å². The van der Waals surface area contributed by atoms with Gasteiger partial charge in [0, 0.05) is 30.9 Å². The van der Waals surface area contributed by atoms with Crippen molar-refractivity contribution in [2.24, 2.45) is 13.0 Å². The lowest BCUT2D eigenvalue weighted by Gasteiger charge is -2.18. The first kappa shape index (κ1) is 16.0. The zero-order valence-corrected chi connectivity index (χ0v) is 13.4. The number of aromatic nitrogens is 2. The minimum Gasteiger partial charge on any atom is -0.379 e. The molecule has 6 nitrogen and oxygen atoms in total. The highest BCUT2D eigenvalue weighted by Crippen LogP contribution is 2.16. The molecule has 2 N–H and O–H groups in total. The maximum absolute atomic E-state index is 12.4. The van der Waals surface area contributed by atoms with E-state index in [2.05, 4.69) is 22.7 Å². The summed E-state index contributed by atoms with van der Waals surface area (Å²) in [6.07, 6.45) is 1.05. The predicted octanol–water partition coefficient (Wildman–Crippen LogP) is 0.668. The van der Waals surface area contributed by atoms with Crippen LogP contribution in [0.4, 0.5) is 0 Å². The first-order valence-electron chi connectivity index (χ1n) is 7.62. The fraction of sp³-hybridized carbons (Fsp3) is 0.733. The van der Waals surface area contributed by atoms with Crippen LogP contribution in [0, 0.1) is 19.8 Å². The van der Waals surface area contributed by atoms with E-state index in [1.807, 2.05) is 25.6 Å². The van der Waals surface area contributed by atoms with E-state index in [4.69, 9.17) is 4.74 Å². The van der Waals surface area contributed by atoms with E-state index in [0.29, 0.717) is 19.8 Å². The van der Waals surface area contributed by atoms with Gasteiger partial charge in [-0.05, 0) is 26.8 Å². The normalized spacial score (nSPS) is 21.7. The van der Waals surface area contributed by atoms with Gasteiger partial charge >= 0.3 is 0 Å². The van der Waals surface area contributed by atoms with Crippen molar-refractivity contribution in [3.8, 4) is 0 Å². The third-order valence-electron chi connectivity index (χ3n) is 4.17. The Morgan fingerprint density at radius 2 is 2.19 bits per heavy atom. The van der Waals surface area contributed by atoms with Gasteiger partial charge in [0.1, 0.15) is 0 Å². The third-order valence-corrected chi connectivity index (χ3v) is 4.17. The van der Waals surface area contributed by atoms with Gasteiger partial charge in [0.15, 0.2) is 0 Å². The number of hydrogen-bond donors (Lipinski definition) is 2. The molecule has 1 saturated heterocycles. The van der Waals surface area contributed by atoms with Crippen LogP contribution in [0.1, 0.15) is 30.3 Å². The predicted molar refractivity (Wildman–Crippen MR) is 80.9 cm³/mol. The fourth-order valence-corrected chi connectivity index (χ4v) is 2.72. The summed E-state index contributed by atoms with van der Waals surface area (Å²) in [5, 5.41) is 10.8. The van der Waals surface area contributed by atoms with Crippen LogP contribution in [0.3, 0.4) is 0 Å². The Morgan fingerprint density at radius 3 is 2.81 bits per heavy atom. The molecule has 21 heavy (non-hydrogen) atoms. The van der Waals surface area contributed by atoms with Crippen molar-refractivity contribution in [3.63, 3.8) is 0 Å². The van der Waals surface area contributed by atoms with Gasteiger partial charge in [0.2, 0.25) is 5.91 Å². The van der Waals surface area contributed by atoms with Gasteiger partial charge in [0.25, 0.3) is 0 Å². The highest BCUT2D eigenvalue weighted by atomic mass is 16.5. The van der Waals surface area contributed by atoms with E-state index in [0.717, 1.165) is 29.9 Å². The number of nitrogens with zero attached hydrogens (tertiary/aromatic N) is 2. The molecule has 6 heteroatoms. The SMILES string of the molecule is CCCNC1COCC1C(=O)NCc1c(C)nn(C)c1C. The second kappa shape index (κ2) is 7.04. The van der Waals surface area contributed by atoms with Crippen molar-refractivity contribution in [1.82, 2.24) is 20.4 Å². The molecule has 2 heterocycles. The summed E-state index contributed by atoms with van der Waals surface area (Å²) >= 11 is 0. The average Bonchev–Trinajstić information content (AvgIpc) is 3.01. The van der Waals surface area contributed by atoms with E-state index in [1.54, 1.807) is 0 Å². The van der Waals surface area contributed by atoms with Crippen molar-refractivity contribution in [3.05, 3.63) is 17.0 Å². The highest BCUT2D eigenvalue weighted by molar-refractivity contribution is 5.79. The van der Waals surface area contributed by atoms with Crippen LogP contribution >= 0.6 is 0 Å². The van der Waals surface area contributed by atoms with Crippen molar-refractivity contribution < 1.29 is 9.53 Å². The molecule has 0 radical (unpaired) electrons. The molecule has 118 valence electrons. The Hall–Kier alpha value is -1.40. The standard InChI is InChI=1S/C15H26N4O2/c1-5-6-16-14-9-21-8-13(14)15(20)17-7-12-10(2)18-19(4)11(12)3/h13-14,16H,5-9H2,1-4H3,(H,17,20). The van der Waals surface area contributed by atoms with Gasteiger partial charge < -0.3 is 15.4 Å². The maximum Gasteiger partial charge on any atom is 0.227 e. The molecule has 0 spiro atoms. The van der Waals surface area contributed by atoms with Gasteiger partial charge in [-0.3, -0.25) is 9.48 Å². The molecule has 0 aromatic carbocycles. The molecule has 1 aliphatic heterocycles. The molecule has 1 aromatic rings. The minimum atomic E-state index is -0.103. The van der Waals surface area contributed by atoms with Crippen LogP contribution < -0.4 is 10.6 Å². The van der Waals surface area contributed by atoms with Crippen LogP contribution in [-0.4, -0.2) is 41.5 Å². The summed E-state index contributed by atoms with van der Waals surface area (Å²) in [6.45, 7) is 8.66. The Morgan fingerprint density at radius 1 is 1.43 bits per heavy atom. The average molecular weight is 294 g/mol. The van der Waals surface area contributed by atoms with Crippen LogP contribution in [0.15, 0.2) is 0 Å². The van der Waals surface area contributed by atoms with E-state index in [9.17, 15) is 4.79 Å². The number of rotatable bonds is 6. The summed E-state index contributed by atoms with van der Waals surface area (Å²) < 4.78 is 7.30. The number of carbonyl (C=O) groups is 1. The van der Waals surface area contributed by atoms with Crippen molar-refractivity contribution >= 4 is 5.91 Å². The summed E-state index contributed by atoms with van der Waals surface area (Å²) in [4.78, 5) is 12.4. The molecular weight excluding hydrogens is 268 g/mol. The molecule has 1 amide bonds. The van der Waals surface area contributed by atoms with Gasteiger partial charge in [-0.1, -0.05) is 6.92 Å². The quantitative estimate of drug-likeness (QED) is 0.809. The summed E-state index contributed by atoms with van der Waals surface area (Å²) in [5.74, 6) is -0.0439. The monoisotopic (exact) mass is 294 g/mol. The maximum atomic E-state index is 12.4. The van der Waals surface area contributed by atoms with Crippen molar-refractivity contribution in [2.75, 3.05) is 19.8 Å². The number of hydrogen-bond acceptors (Lipinski definition) is 4. The Kier molecular flexibility index (Phi) is 5.36. The van der Waals surface area contributed by atoms with E-state index in [-0.39, 0.29) is 17.9 Å². The topological polar surface area (TPSA) is 68.2 Å². The van der Waals surface area contributed by atoms with Crippen LogP contribution in [-0.2, 0) is 23.1 Å². The van der Waals surface area contributed by atoms with E-state index in [1.165, 1.54) is 0 Å². The van der Waals surface area contributed by atoms with Gasteiger partial charge in [-0.25, -0.2) is 0 Å². The minimum absolute atomic E-state index is 0.0590. The molecule has 2 atom stereocenters. The molecule has 1 aromatic heterocycles. The molecule has 0 saturated carbocycles. The first-order valence-corrected chi connectivity index (χ1v) is 7.62. The molecule has 2 unspecified atom stereocenters. The molecule has 1 fully saturated rings. The molecule has 2 rings (SSSR count). The molecule has 0 bridgehead atoms. The van der Waals surface area contributed by atoms with Gasteiger partial charge in [-0.2, -0.15) is 5.10 Å². The number of aryl methyl sites for hydroxylation is 2. The van der Waals surface area contributed by atoms with Crippen LogP contribution in [0.25, 0.3) is 0 Å². The largest absolute Gasteiger partial charge is 0.379 e. The third kappa shape index (κ3) is 3.63. The highest BCUT2D eigenvalue weighted by Gasteiger charge is 2.33. The number of amides is 1. The molecular formula is C15H26N4O2. The molecule has 0 aliphatic carbocycles. The van der Waals surface area contributed by atoms with Gasteiger partial charge in [-0.15, -0.1) is 0 Å². The Labute approximate surface area is 126 Å². The lowest BCUT2D eigenvalue weighted by Crippen LogP contribution is -2.44. The number of nitrogens with one attached hydrogen (secondary N) is 2. The first-order chi connectivity index (χ1) is 10.0. The second-order valence-corrected chi connectivity index (χ2v) is 5.70. The summed E-state index contributed by atoms with van der Waals surface area (Å²) in [5.41, 5.74) is 3.16. The number of ether oxygens (including phenoxy) is 1. The Bertz CT molecular complexity index is 498. The lowest BCUT2D eigenvalue weighted by molar-refractivity contribution is -0.125. The summed E-state index contributed by atoms with van der Waals surface area (Å²) in [6, 6.07) is 0.126. The van der Waals surface area contributed by atoms with Gasteiger partial charge in [0.05, 0.1) is 24.8 Å². The van der Waals surface area contributed by atoms with Crippen molar-refractivity contribution in [1.29, 1.82) is 0 Å². The summed E-state index contributed by atoms with van der Waals surface area (Å²) in [7, 11) is 1.92. The number of carbonyl (C=O) groups excluding carboxylic acids is 1. The zero-order valence-electron chi connectivity index (χ0n) is 13.4. The Balaban J connectivity index is 1.92. The van der Waals surface area contributed by atoms with E-state index >= 15 is 0 Å². The van der Waals surface area contributed by atoms with Crippen molar-refractivity contribution in [2.45, 2.75) is 39.8 Å². The lowest BCUT2D eigenvalue weighted by atomic mass is 10.0. The smallest absolute Gasteiger partial charge is 0.227 e. The zero-order chi connectivity index (χ0) is 15.4. The van der Waals surface area contributed by atoms with Crippen LogP contribution in [0.2, 0.25) is 0 Å².